The molecule has 0 spiro atoms. The van der Waals surface area contributed by atoms with Crippen molar-refractivity contribution in [2.45, 2.75) is 44.6 Å². The molecule has 5 nitrogen and oxygen atoms in total. The molecule has 1 saturated carbocycles. The summed E-state index contributed by atoms with van der Waals surface area (Å²) in [5.41, 5.74) is 0. The van der Waals surface area contributed by atoms with Gasteiger partial charge in [0.15, 0.2) is 0 Å². The number of alkyl carbamates (subject to hydrolysis) is 1. The lowest BCUT2D eigenvalue weighted by atomic mass is 9.85. The number of carbonyl (C=O) groups is 2. The molecule has 1 rings (SSSR count). The monoisotopic (exact) mass is 255 g/mol. The van der Waals surface area contributed by atoms with Gasteiger partial charge in [-0.15, -0.1) is 0 Å². The molecule has 1 fully saturated rings. The van der Waals surface area contributed by atoms with Crippen LogP contribution in [0.2, 0.25) is 0 Å². The molecule has 0 aromatic heterocycles. The molecular weight excluding hydrogens is 234 g/mol. The molecule has 0 heterocycles. The summed E-state index contributed by atoms with van der Waals surface area (Å²) < 4.78 is 4.73. The number of hydrogen-bond acceptors (Lipinski definition) is 3. The van der Waals surface area contributed by atoms with Gasteiger partial charge in [-0.05, 0) is 12.3 Å². The standard InChI is InChI=1S/C13H21NO4/c1-2-8-18-13(17)14-11(12(15)16)9-10-6-4-3-5-7-10/h2,10-11H,1,3-9H2,(H,14,17)(H,15,16)/t11-/m1/s1. The maximum absolute atomic E-state index is 11.3. The molecule has 0 unspecified atom stereocenters. The molecule has 0 aromatic rings. The number of aliphatic carboxylic acids is 1. The lowest BCUT2D eigenvalue weighted by Crippen LogP contribution is -2.42. The molecule has 18 heavy (non-hydrogen) atoms. The summed E-state index contributed by atoms with van der Waals surface area (Å²) in [6, 6.07) is -0.856. The molecule has 1 aliphatic carbocycles. The van der Waals surface area contributed by atoms with Gasteiger partial charge in [0.25, 0.3) is 0 Å². The third-order valence-corrected chi connectivity index (χ3v) is 3.22. The van der Waals surface area contributed by atoms with Crippen molar-refractivity contribution in [2.75, 3.05) is 6.61 Å². The maximum atomic E-state index is 11.3. The fourth-order valence-corrected chi connectivity index (χ4v) is 2.30. The lowest BCUT2D eigenvalue weighted by Gasteiger charge is -2.24. The van der Waals surface area contributed by atoms with Gasteiger partial charge in [-0.1, -0.05) is 44.8 Å². The van der Waals surface area contributed by atoms with Crippen molar-refractivity contribution in [2.24, 2.45) is 5.92 Å². The van der Waals surface area contributed by atoms with Gasteiger partial charge in [-0.25, -0.2) is 9.59 Å². The van der Waals surface area contributed by atoms with Gasteiger partial charge in [0.1, 0.15) is 12.6 Å². The molecule has 102 valence electrons. The molecule has 1 aliphatic rings. The Balaban J connectivity index is 2.40. The highest BCUT2D eigenvalue weighted by Gasteiger charge is 2.25. The average molecular weight is 255 g/mol. The molecule has 0 aromatic carbocycles. The topological polar surface area (TPSA) is 75.6 Å². The van der Waals surface area contributed by atoms with Crippen LogP contribution in [-0.4, -0.2) is 29.8 Å². The Labute approximate surface area is 107 Å². The van der Waals surface area contributed by atoms with Gasteiger partial charge >= 0.3 is 12.1 Å². The van der Waals surface area contributed by atoms with Gasteiger partial charge in [-0.3, -0.25) is 0 Å². The number of rotatable bonds is 6. The van der Waals surface area contributed by atoms with Crippen molar-refractivity contribution in [3.05, 3.63) is 12.7 Å². The second-order valence-corrected chi connectivity index (χ2v) is 4.66. The quantitative estimate of drug-likeness (QED) is 0.714. The summed E-state index contributed by atoms with van der Waals surface area (Å²) in [4.78, 5) is 22.4. The van der Waals surface area contributed by atoms with Crippen LogP contribution in [0.1, 0.15) is 38.5 Å². The predicted octanol–water partition coefficient (Wildman–Crippen LogP) is 2.32. The summed E-state index contributed by atoms with van der Waals surface area (Å²) in [7, 11) is 0. The normalized spacial score (nSPS) is 17.8. The second kappa shape index (κ2) is 7.74. The number of carbonyl (C=O) groups excluding carboxylic acids is 1. The predicted molar refractivity (Wildman–Crippen MR) is 67.3 cm³/mol. The minimum Gasteiger partial charge on any atom is -0.480 e. The number of carboxylic acid groups (broad SMARTS) is 1. The van der Waals surface area contributed by atoms with Gasteiger partial charge in [0, 0.05) is 0 Å². The van der Waals surface area contributed by atoms with Crippen LogP contribution in [0.25, 0.3) is 0 Å². The lowest BCUT2D eigenvalue weighted by molar-refractivity contribution is -0.139. The summed E-state index contributed by atoms with van der Waals surface area (Å²) in [6.45, 7) is 3.50. The van der Waals surface area contributed by atoms with E-state index in [4.69, 9.17) is 9.84 Å². The van der Waals surface area contributed by atoms with Crippen molar-refractivity contribution < 1.29 is 19.4 Å². The largest absolute Gasteiger partial charge is 0.480 e. The van der Waals surface area contributed by atoms with E-state index in [1.54, 1.807) is 0 Å². The number of ether oxygens (including phenoxy) is 1. The summed E-state index contributed by atoms with van der Waals surface area (Å²) in [5.74, 6) is -0.615. The van der Waals surface area contributed by atoms with E-state index in [1.807, 2.05) is 0 Å². The van der Waals surface area contributed by atoms with Crippen LogP contribution in [0.3, 0.4) is 0 Å². The van der Waals surface area contributed by atoms with Crippen LogP contribution in [0.4, 0.5) is 4.79 Å². The molecule has 5 heteroatoms. The zero-order valence-corrected chi connectivity index (χ0v) is 10.6. The van der Waals surface area contributed by atoms with Crippen LogP contribution in [0, 0.1) is 5.92 Å². The van der Waals surface area contributed by atoms with Crippen molar-refractivity contribution in [1.29, 1.82) is 0 Å². The van der Waals surface area contributed by atoms with Gasteiger partial charge in [0.05, 0.1) is 0 Å². The highest BCUT2D eigenvalue weighted by atomic mass is 16.5. The molecule has 1 amide bonds. The third kappa shape index (κ3) is 5.21. The Hall–Kier alpha value is -1.52. The molecule has 0 bridgehead atoms. The zero-order chi connectivity index (χ0) is 13.4. The number of amides is 1. The van der Waals surface area contributed by atoms with Crippen LogP contribution in [0.5, 0.6) is 0 Å². The number of hydrogen-bond donors (Lipinski definition) is 2. The molecule has 0 saturated heterocycles. The van der Waals surface area contributed by atoms with Gasteiger partial charge in [-0.2, -0.15) is 0 Å². The summed E-state index contributed by atoms with van der Waals surface area (Å²) in [5, 5.41) is 11.5. The first kappa shape index (κ1) is 14.5. The van der Waals surface area contributed by atoms with Gasteiger partial charge in [0.2, 0.25) is 0 Å². The second-order valence-electron chi connectivity index (χ2n) is 4.66. The zero-order valence-electron chi connectivity index (χ0n) is 10.6. The molecular formula is C13H21NO4. The molecule has 1 atom stereocenters. The average Bonchev–Trinajstić information content (AvgIpc) is 2.36. The van der Waals surface area contributed by atoms with Crippen molar-refractivity contribution in [3.63, 3.8) is 0 Å². The third-order valence-electron chi connectivity index (χ3n) is 3.22. The first-order valence-electron chi connectivity index (χ1n) is 6.40. The molecule has 0 radical (unpaired) electrons. The van der Waals surface area contributed by atoms with Crippen molar-refractivity contribution in [3.8, 4) is 0 Å². The fourth-order valence-electron chi connectivity index (χ4n) is 2.30. The Morgan fingerprint density at radius 3 is 2.61 bits per heavy atom. The van der Waals surface area contributed by atoms with Crippen LogP contribution < -0.4 is 5.32 Å². The van der Waals surface area contributed by atoms with E-state index in [0.717, 1.165) is 25.7 Å². The molecule has 0 aliphatic heterocycles. The summed E-state index contributed by atoms with van der Waals surface area (Å²) in [6.07, 6.45) is 6.85. The smallest absolute Gasteiger partial charge is 0.408 e. The van der Waals surface area contributed by atoms with E-state index in [2.05, 4.69) is 11.9 Å². The Bertz CT molecular complexity index is 297. The highest BCUT2D eigenvalue weighted by molar-refractivity contribution is 5.79. The van der Waals surface area contributed by atoms with Crippen molar-refractivity contribution in [1.82, 2.24) is 5.32 Å². The Morgan fingerprint density at radius 2 is 2.06 bits per heavy atom. The van der Waals surface area contributed by atoms with E-state index in [1.165, 1.54) is 12.5 Å². The van der Waals surface area contributed by atoms with Crippen LogP contribution >= 0.6 is 0 Å². The van der Waals surface area contributed by atoms with Crippen LogP contribution in [0.15, 0.2) is 12.7 Å². The maximum Gasteiger partial charge on any atom is 0.408 e. The highest BCUT2D eigenvalue weighted by Crippen LogP contribution is 2.27. The van der Waals surface area contributed by atoms with E-state index >= 15 is 0 Å². The van der Waals surface area contributed by atoms with E-state index < -0.39 is 18.1 Å². The minimum atomic E-state index is -1.00. The molecule has 2 N–H and O–H groups in total. The Morgan fingerprint density at radius 1 is 1.39 bits per heavy atom. The first-order valence-corrected chi connectivity index (χ1v) is 6.40. The van der Waals surface area contributed by atoms with E-state index in [0.29, 0.717) is 12.3 Å². The summed E-state index contributed by atoms with van der Waals surface area (Å²) >= 11 is 0. The van der Waals surface area contributed by atoms with Crippen LogP contribution in [-0.2, 0) is 9.53 Å². The van der Waals surface area contributed by atoms with E-state index in [9.17, 15) is 9.59 Å². The van der Waals surface area contributed by atoms with Gasteiger partial charge < -0.3 is 15.2 Å². The van der Waals surface area contributed by atoms with E-state index in [-0.39, 0.29) is 6.61 Å². The SMILES string of the molecule is C=CCOC(=O)N[C@H](CC1CCCCC1)C(=O)O. The first-order chi connectivity index (χ1) is 8.63. The number of nitrogens with one attached hydrogen (secondary N) is 1. The number of carboxylic acids is 1. The van der Waals surface area contributed by atoms with Crippen molar-refractivity contribution >= 4 is 12.1 Å². The minimum absolute atomic E-state index is 0.0849. The fraction of sp³-hybridized carbons (Fsp3) is 0.692. The Kier molecular flexibility index (Phi) is 6.25.